The first-order valence-corrected chi connectivity index (χ1v) is 3.91. The van der Waals surface area contributed by atoms with Crippen molar-refractivity contribution in [2.45, 2.75) is 0 Å². The van der Waals surface area contributed by atoms with E-state index in [0.717, 1.165) is 0 Å². The number of aromatic nitrogens is 1. The van der Waals surface area contributed by atoms with E-state index in [-0.39, 0.29) is 17.3 Å². The molecule has 0 spiro atoms. The van der Waals surface area contributed by atoms with Crippen LogP contribution in [0.2, 0.25) is 0 Å². The van der Waals surface area contributed by atoms with Gasteiger partial charge < -0.3 is 20.5 Å². The Bertz CT molecular complexity index is 465. The Morgan fingerprint density at radius 2 is 2.00 bits per heavy atom. The fourth-order valence-electron chi connectivity index (χ4n) is 1.14. The fourth-order valence-corrected chi connectivity index (χ4v) is 1.14. The summed E-state index contributed by atoms with van der Waals surface area (Å²) >= 11 is 0. The lowest BCUT2D eigenvalue weighted by atomic mass is 10.1. The Hall–Kier alpha value is -2.17. The largest absolute Gasteiger partial charge is 0.508 e. The number of hydrogen-bond acceptors (Lipinski definition) is 5. The molecular formula is C9H8N2O3. The van der Waals surface area contributed by atoms with Crippen LogP contribution >= 0.6 is 0 Å². The zero-order chi connectivity index (χ0) is 10.1. The van der Waals surface area contributed by atoms with E-state index < -0.39 is 0 Å². The third kappa shape index (κ3) is 1.35. The van der Waals surface area contributed by atoms with Crippen molar-refractivity contribution in [2.24, 2.45) is 0 Å². The maximum Gasteiger partial charge on any atom is 0.172 e. The number of nitrogens with two attached hydrogens (primary N) is 1. The number of rotatable bonds is 1. The number of nitrogen functional groups attached to an aromatic ring is 1. The molecule has 0 saturated carbocycles. The number of phenolic OH excluding ortho intramolecular Hbond substituents is 2. The van der Waals surface area contributed by atoms with E-state index in [4.69, 9.17) is 10.3 Å². The van der Waals surface area contributed by atoms with E-state index >= 15 is 0 Å². The van der Waals surface area contributed by atoms with E-state index in [1.807, 2.05) is 0 Å². The Labute approximate surface area is 79.4 Å². The van der Waals surface area contributed by atoms with Gasteiger partial charge in [0.2, 0.25) is 0 Å². The summed E-state index contributed by atoms with van der Waals surface area (Å²) in [6.45, 7) is 0. The van der Waals surface area contributed by atoms with Gasteiger partial charge in [-0.3, -0.25) is 0 Å². The number of benzene rings is 1. The quantitative estimate of drug-likeness (QED) is 0.593. The molecule has 4 N–H and O–H groups in total. The second-order valence-corrected chi connectivity index (χ2v) is 2.82. The van der Waals surface area contributed by atoms with Crippen LogP contribution in [-0.2, 0) is 0 Å². The average Bonchev–Trinajstić information content (AvgIpc) is 2.56. The van der Waals surface area contributed by atoms with Crippen molar-refractivity contribution < 1.29 is 14.7 Å². The van der Waals surface area contributed by atoms with Crippen molar-refractivity contribution in [1.82, 2.24) is 5.16 Å². The topological polar surface area (TPSA) is 92.5 Å². The molecule has 14 heavy (non-hydrogen) atoms. The van der Waals surface area contributed by atoms with Crippen molar-refractivity contribution >= 4 is 5.82 Å². The van der Waals surface area contributed by atoms with Gasteiger partial charge >= 0.3 is 0 Å². The molecule has 0 aliphatic heterocycles. The molecule has 0 aliphatic rings. The Balaban J connectivity index is 2.55. The molecule has 1 aromatic carbocycles. The van der Waals surface area contributed by atoms with Crippen molar-refractivity contribution in [3.05, 3.63) is 24.3 Å². The Morgan fingerprint density at radius 1 is 1.21 bits per heavy atom. The lowest BCUT2D eigenvalue weighted by Crippen LogP contribution is -1.80. The number of nitrogens with zero attached hydrogens (tertiary/aromatic N) is 1. The molecule has 2 rings (SSSR count). The molecule has 0 saturated heterocycles. The molecule has 0 bridgehead atoms. The minimum absolute atomic E-state index is 0.000972. The first-order valence-electron chi connectivity index (χ1n) is 3.91. The summed E-state index contributed by atoms with van der Waals surface area (Å²) in [5.41, 5.74) is 5.71. The van der Waals surface area contributed by atoms with Crippen LogP contribution in [0.1, 0.15) is 0 Å². The molecule has 72 valence electrons. The highest BCUT2D eigenvalue weighted by atomic mass is 16.5. The molecule has 0 atom stereocenters. The van der Waals surface area contributed by atoms with E-state index in [1.54, 1.807) is 0 Å². The number of hydrogen-bond donors (Lipinski definition) is 3. The third-order valence-corrected chi connectivity index (χ3v) is 1.77. The van der Waals surface area contributed by atoms with Crippen LogP contribution in [-0.4, -0.2) is 15.4 Å². The summed E-state index contributed by atoms with van der Waals surface area (Å²) in [5, 5.41) is 22.1. The predicted octanol–water partition coefficient (Wildman–Crippen LogP) is 1.33. The molecule has 1 aromatic heterocycles. The second kappa shape index (κ2) is 2.95. The monoisotopic (exact) mass is 192 g/mol. The van der Waals surface area contributed by atoms with Crippen molar-refractivity contribution in [3.8, 4) is 22.8 Å². The van der Waals surface area contributed by atoms with Crippen LogP contribution < -0.4 is 5.73 Å². The molecule has 0 radical (unpaired) electrons. The van der Waals surface area contributed by atoms with Crippen molar-refractivity contribution in [3.63, 3.8) is 0 Å². The SMILES string of the molecule is Nc1cc(-c2cc(O)ccc2O)on1. The lowest BCUT2D eigenvalue weighted by molar-refractivity contribution is 0.427. The zero-order valence-electron chi connectivity index (χ0n) is 7.14. The van der Waals surface area contributed by atoms with Gasteiger partial charge in [-0.05, 0) is 18.2 Å². The van der Waals surface area contributed by atoms with Crippen molar-refractivity contribution in [1.29, 1.82) is 0 Å². The predicted molar refractivity (Wildman–Crippen MR) is 49.7 cm³/mol. The number of anilines is 1. The van der Waals surface area contributed by atoms with Crippen molar-refractivity contribution in [2.75, 3.05) is 5.73 Å². The molecule has 5 nitrogen and oxygen atoms in total. The van der Waals surface area contributed by atoms with Crippen LogP contribution in [0, 0.1) is 0 Å². The minimum Gasteiger partial charge on any atom is -0.508 e. The van der Waals surface area contributed by atoms with E-state index in [9.17, 15) is 10.2 Å². The average molecular weight is 192 g/mol. The van der Waals surface area contributed by atoms with Gasteiger partial charge in [-0.25, -0.2) is 0 Å². The molecule has 2 aromatic rings. The van der Waals surface area contributed by atoms with Gasteiger partial charge in [0.15, 0.2) is 11.6 Å². The Morgan fingerprint density at radius 3 is 2.64 bits per heavy atom. The zero-order valence-corrected chi connectivity index (χ0v) is 7.14. The molecule has 0 unspecified atom stereocenters. The summed E-state index contributed by atoms with van der Waals surface area (Å²) in [6, 6.07) is 5.58. The highest BCUT2D eigenvalue weighted by Gasteiger charge is 2.10. The summed E-state index contributed by atoms with van der Waals surface area (Å²) < 4.78 is 4.84. The molecule has 5 heteroatoms. The van der Waals surface area contributed by atoms with Crippen LogP contribution in [0.4, 0.5) is 5.82 Å². The molecule has 0 fully saturated rings. The summed E-state index contributed by atoms with van der Waals surface area (Å²) in [6.07, 6.45) is 0. The first-order chi connectivity index (χ1) is 6.66. The smallest absolute Gasteiger partial charge is 0.172 e. The molecule has 1 heterocycles. The maximum absolute atomic E-state index is 9.46. The van der Waals surface area contributed by atoms with Crippen LogP contribution in [0.5, 0.6) is 11.5 Å². The van der Waals surface area contributed by atoms with E-state index in [1.165, 1.54) is 24.3 Å². The Kier molecular flexibility index (Phi) is 1.78. The van der Waals surface area contributed by atoms with Crippen LogP contribution in [0.15, 0.2) is 28.8 Å². The van der Waals surface area contributed by atoms with Crippen LogP contribution in [0.25, 0.3) is 11.3 Å². The van der Waals surface area contributed by atoms with Gasteiger partial charge in [0.25, 0.3) is 0 Å². The molecular weight excluding hydrogens is 184 g/mol. The third-order valence-electron chi connectivity index (χ3n) is 1.77. The highest BCUT2D eigenvalue weighted by Crippen LogP contribution is 2.32. The maximum atomic E-state index is 9.46. The van der Waals surface area contributed by atoms with Crippen LogP contribution in [0.3, 0.4) is 0 Å². The number of phenols is 2. The first kappa shape index (κ1) is 8.43. The standard InChI is InChI=1S/C9H8N2O3/c10-9-4-8(14-11-9)6-3-5(12)1-2-7(6)13/h1-4,12-13H,(H2,10,11). The number of aromatic hydroxyl groups is 2. The molecule has 0 aliphatic carbocycles. The summed E-state index contributed by atoms with van der Waals surface area (Å²) in [7, 11) is 0. The fraction of sp³-hybridized carbons (Fsp3) is 0. The van der Waals surface area contributed by atoms with E-state index in [2.05, 4.69) is 5.16 Å². The summed E-state index contributed by atoms with van der Waals surface area (Å²) in [5.74, 6) is 0.574. The normalized spacial score (nSPS) is 10.3. The molecule has 0 amide bonds. The summed E-state index contributed by atoms with van der Waals surface area (Å²) in [4.78, 5) is 0. The lowest BCUT2D eigenvalue weighted by Gasteiger charge is -1.99. The van der Waals surface area contributed by atoms with Gasteiger partial charge in [-0.15, -0.1) is 0 Å². The minimum atomic E-state index is -0.000972. The van der Waals surface area contributed by atoms with Gasteiger partial charge in [0.05, 0.1) is 5.56 Å². The van der Waals surface area contributed by atoms with Gasteiger partial charge in [-0.2, -0.15) is 0 Å². The van der Waals surface area contributed by atoms with E-state index in [0.29, 0.717) is 11.3 Å². The second-order valence-electron chi connectivity index (χ2n) is 2.82. The van der Waals surface area contributed by atoms with Gasteiger partial charge in [0, 0.05) is 6.07 Å². The van der Waals surface area contributed by atoms with Gasteiger partial charge in [-0.1, -0.05) is 5.16 Å². The van der Waals surface area contributed by atoms with Gasteiger partial charge in [0.1, 0.15) is 11.5 Å². The highest BCUT2D eigenvalue weighted by molar-refractivity contribution is 5.68.